The van der Waals surface area contributed by atoms with E-state index in [1.807, 2.05) is 6.92 Å². The fourth-order valence-electron chi connectivity index (χ4n) is 2.58. The van der Waals surface area contributed by atoms with Gasteiger partial charge in [0.05, 0.1) is 5.56 Å². The average Bonchev–Trinajstić information content (AvgIpc) is 2.46. The van der Waals surface area contributed by atoms with Gasteiger partial charge in [0.15, 0.2) is 6.10 Å². The zero-order valence-electron chi connectivity index (χ0n) is 12.6. The number of nitrogen functional groups attached to an aromatic ring is 1. The summed E-state index contributed by atoms with van der Waals surface area (Å²) in [5.41, 5.74) is 7.50. The van der Waals surface area contributed by atoms with Crippen LogP contribution in [-0.2, 0) is 9.53 Å². The molecular formula is C16H22N2O3. The van der Waals surface area contributed by atoms with Gasteiger partial charge in [0.1, 0.15) is 0 Å². The van der Waals surface area contributed by atoms with E-state index in [-0.39, 0.29) is 5.91 Å². The molecule has 0 bridgehead atoms. The molecule has 5 nitrogen and oxygen atoms in total. The Morgan fingerprint density at radius 3 is 2.48 bits per heavy atom. The molecule has 0 aromatic heterocycles. The molecule has 114 valence electrons. The number of nitrogens with two attached hydrogens (primary N) is 1. The van der Waals surface area contributed by atoms with E-state index in [1.165, 1.54) is 0 Å². The molecule has 1 aromatic rings. The van der Waals surface area contributed by atoms with Crippen LogP contribution in [0.3, 0.4) is 0 Å². The van der Waals surface area contributed by atoms with E-state index < -0.39 is 12.1 Å². The van der Waals surface area contributed by atoms with Gasteiger partial charge in [-0.15, -0.1) is 0 Å². The highest BCUT2D eigenvalue weighted by Crippen LogP contribution is 2.15. The van der Waals surface area contributed by atoms with Crippen LogP contribution in [0.1, 0.15) is 42.1 Å². The number of carbonyl (C=O) groups excluding carboxylic acids is 2. The number of benzene rings is 1. The number of aryl methyl sites for hydroxylation is 1. The summed E-state index contributed by atoms with van der Waals surface area (Å²) in [5.74, 6) is -0.632. The number of anilines is 1. The van der Waals surface area contributed by atoms with Crippen molar-refractivity contribution in [2.75, 3.05) is 18.8 Å². The lowest BCUT2D eigenvalue weighted by Gasteiger charge is -2.28. The van der Waals surface area contributed by atoms with Gasteiger partial charge in [0.25, 0.3) is 5.91 Å². The van der Waals surface area contributed by atoms with E-state index in [2.05, 4.69) is 0 Å². The molecule has 0 radical (unpaired) electrons. The van der Waals surface area contributed by atoms with Crippen molar-refractivity contribution in [3.05, 3.63) is 29.3 Å². The van der Waals surface area contributed by atoms with Gasteiger partial charge in [-0.25, -0.2) is 4.79 Å². The Kier molecular flexibility index (Phi) is 4.83. The first-order chi connectivity index (χ1) is 9.97. The van der Waals surface area contributed by atoms with Gasteiger partial charge in [0.2, 0.25) is 0 Å². The van der Waals surface area contributed by atoms with Crippen LogP contribution in [0.5, 0.6) is 0 Å². The van der Waals surface area contributed by atoms with Gasteiger partial charge in [-0.1, -0.05) is 0 Å². The summed E-state index contributed by atoms with van der Waals surface area (Å²) in [6, 6.07) is 5.04. The Morgan fingerprint density at radius 2 is 1.86 bits per heavy atom. The summed E-state index contributed by atoms with van der Waals surface area (Å²) in [6.07, 6.45) is 2.42. The normalized spacial score (nSPS) is 16.4. The first-order valence-electron chi connectivity index (χ1n) is 7.34. The molecule has 21 heavy (non-hydrogen) atoms. The molecule has 5 heteroatoms. The Labute approximate surface area is 125 Å². The molecule has 1 saturated heterocycles. The van der Waals surface area contributed by atoms with E-state index >= 15 is 0 Å². The van der Waals surface area contributed by atoms with Crippen LogP contribution in [0.25, 0.3) is 0 Å². The summed E-state index contributed by atoms with van der Waals surface area (Å²) in [4.78, 5) is 26.1. The van der Waals surface area contributed by atoms with E-state index in [1.54, 1.807) is 30.0 Å². The van der Waals surface area contributed by atoms with Crippen molar-refractivity contribution in [3.63, 3.8) is 0 Å². The number of nitrogens with zero attached hydrogens (tertiary/aromatic N) is 1. The number of likely N-dealkylation sites (tertiary alicyclic amines) is 1. The first kappa shape index (κ1) is 15.4. The smallest absolute Gasteiger partial charge is 0.338 e. The standard InChI is InChI=1S/C16H22N2O3/c1-11-8-13(10-14(17)9-11)16(20)21-12(2)15(19)18-6-4-3-5-7-18/h8-10,12H,3-7,17H2,1-2H3. The molecule has 0 saturated carbocycles. The lowest BCUT2D eigenvalue weighted by atomic mass is 10.1. The van der Waals surface area contributed by atoms with Crippen molar-refractivity contribution in [1.82, 2.24) is 4.90 Å². The number of hydrogen-bond acceptors (Lipinski definition) is 4. The zero-order chi connectivity index (χ0) is 15.4. The highest BCUT2D eigenvalue weighted by molar-refractivity contribution is 5.93. The number of rotatable bonds is 3. The minimum atomic E-state index is -0.766. The Morgan fingerprint density at radius 1 is 1.19 bits per heavy atom. The lowest BCUT2D eigenvalue weighted by Crippen LogP contribution is -2.42. The number of piperidine rings is 1. The molecule has 1 aliphatic rings. The number of amides is 1. The maximum absolute atomic E-state index is 12.2. The monoisotopic (exact) mass is 290 g/mol. The zero-order valence-corrected chi connectivity index (χ0v) is 12.6. The van der Waals surface area contributed by atoms with E-state index in [9.17, 15) is 9.59 Å². The van der Waals surface area contributed by atoms with Gasteiger partial charge in [-0.2, -0.15) is 0 Å². The lowest BCUT2D eigenvalue weighted by molar-refractivity contribution is -0.140. The third kappa shape index (κ3) is 3.97. The molecule has 1 unspecified atom stereocenters. The Hall–Kier alpha value is -2.04. The molecule has 1 atom stereocenters. The van der Waals surface area contributed by atoms with Crippen LogP contribution in [0.4, 0.5) is 5.69 Å². The van der Waals surface area contributed by atoms with Crippen molar-refractivity contribution < 1.29 is 14.3 Å². The molecule has 1 aromatic carbocycles. The average molecular weight is 290 g/mol. The molecule has 0 aliphatic carbocycles. The molecule has 1 amide bonds. The topological polar surface area (TPSA) is 72.6 Å². The number of carbonyl (C=O) groups is 2. The largest absolute Gasteiger partial charge is 0.449 e. The Bertz CT molecular complexity index is 516. The van der Waals surface area contributed by atoms with Gasteiger partial charge in [0, 0.05) is 18.8 Å². The van der Waals surface area contributed by atoms with Crippen molar-refractivity contribution in [2.24, 2.45) is 0 Å². The van der Waals surface area contributed by atoms with Crippen molar-refractivity contribution >= 4 is 17.6 Å². The third-order valence-electron chi connectivity index (χ3n) is 3.63. The molecule has 0 spiro atoms. The fraction of sp³-hybridized carbons (Fsp3) is 0.500. The van der Waals surface area contributed by atoms with Gasteiger partial charge in [-0.05, 0) is 56.9 Å². The first-order valence-corrected chi connectivity index (χ1v) is 7.34. The van der Waals surface area contributed by atoms with E-state index in [0.717, 1.165) is 37.9 Å². The number of esters is 1. The maximum atomic E-state index is 12.2. The van der Waals surface area contributed by atoms with Crippen LogP contribution >= 0.6 is 0 Å². The van der Waals surface area contributed by atoms with Crippen LogP contribution in [0, 0.1) is 6.92 Å². The summed E-state index contributed by atoms with van der Waals surface area (Å²) in [6.45, 7) is 4.97. The van der Waals surface area contributed by atoms with E-state index in [0.29, 0.717) is 11.3 Å². The second-order valence-electron chi connectivity index (χ2n) is 5.57. The fourth-order valence-corrected chi connectivity index (χ4v) is 2.58. The van der Waals surface area contributed by atoms with Crippen LogP contribution < -0.4 is 5.73 Å². The molecule has 1 aliphatic heterocycles. The second-order valence-corrected chi connectivity index (χ2v) is 5.57. The van der Waals surface area contributed by atoms with Crippen LogP contribution in [-0.4, -0.2) is 36.0 Å². The predicted molar refractivity (Wildman–Crippen MR) is 80.9 cm³/mol. The van der Waals surface area contributed by atoms with Crippen molar-refractivity contribution in [2.45, 2.75) is 39.2 Å². The third-order valence-corrected chi connectivity index (χ3v) is 3.63. The second kappa shape index (κ2) is 6.61. The highest BCUT2D eigenvalue weighted by atomic mass is 16.5. The SMILES string of the molecule is Cc1cc(N)cc(C(=O)OC(C)C(=O)N2CCCCC2)c1. The number of ether oxygens (including phenoxy) is 1. The summed E-state index contributed by atoms with van der Waals surface area (Å²) < 4.78 is 5.28. The van der Waals surface area contributed by atoms with Crippen molar-refractivity contribution in [3.8, 4) is 0 Å². The van der Waals surface area contributed by atoms with Gasteiger partial charge < -0.3 is 15.4 Å². The number of hydrogen-bond donors (Lipinski definition) is 1. The van der Waals surface area contributed by atoms with Crippen LogP contribution in [0.2, 0.25) is 0 Å². The quantitative estimate of drug-likeness (QED) is 0.683. The van der Waals surface area contributed by atoms with Gasteiger partial charge >= 0.3 is 5.97 Å². The molecule has 2 N–H and O–H groups in total. The predicted octanol–water partition coefficient (Wildman–Crippen LogP) is 2.14. The Balaban J connectivity index is 1.99. The summed E-state index contributed by atoms with van der Waals surface area (Å²) >= 11 is 0. The molecule has 2 rings (SSSR count). The van der Waals surface area contributed by atoms with Crippen molar-refractivity contribution in [1.29, 1.82) is 0 Å². The highest BCUT2D eigenvalue weighted by Gasteiger charge is 2.25. The van der Waals surface area contributed by atoms with E-state index in [4.69, 9.17) is 10.5 Å². The maximum Gasteiger partial charge on any atom is 0.338 e. The molecule has 1 heterocycles. The molecule has 1 fully saturated rings. The molecular weight excluding hydrogens is 268 g/mol. The minimum absolute atomic E-state index is 0.122. The van der Waals surface area contributed by atoms with Gasteiger partial charge in [-0.3, -0.25) is 4.79 Å². The van der Waals surface area contributed by atoms with Crippen LogP contribution in [0.15, 0.2) is 18.2 Å². The summed E-state index contributed by atoms with van der Waals surface area (Å²) in [7, 11) is 0. The minimum Gasteiger partial charge on any atom is -0.449 e. The summed E-state index contributed by atoms with van der Waals surface area (Å²) in [5, 5.41) is 0.